The van der Waals surface area contributed by atoms with Crippen LogP contribution in [0.1, 0.15) is 24.8 Å². The predicted molar refractivity (Wildman–Crippen MR) is 152 cm³/mol. The lowest BCUT2D eigenvalue weighted by Gasteiger charge is -2.36. The van der Waals surface area contributed by atoms with Crippen molar-refractivity contribution in [1.82, 2.24) is 15.2 Å². The van der Waals surface area contributed by atoms with E-state index in [9.17, 15) is 4.39 Å². The number of aromatic nitrogens is 1. The highest BCUT2D eigenvalue weighted by molar-refractivity contribution is 7.80. The summed E-state index contributed by atoms with van der Waals surface area (Å²) in [5.41, 5.74) is 3.95. The van der Waals surface area contributed by atoms with E-state index in [1.54, 1.807) is 6.07 Å². The number of hydrogen-bond acceptors (Lipinski definition) is 5. The van der Waals surface area contributed by atoms with Crippen LogP contribution in [0.4, 0.5) is 21.6 Å². The van der Waals surface area contributed by atoms with Crippen molar-refractivity contribution < 1.29 is 4.39 Å². The third-order valence-electron chi connectivity index (χ3n) is 7.19. The molecule has 0 unspecified atom stereocenters. The second-order valence-corrected chi connectivity index (χ2v) is 10.1. The molecule has 36 heavy (non-hydrogen) atoms. The SMILES string of the molecule is Cc1cc(N2CCCC2)nc2ccc(NC(=S)NCCCN3CCN(c4ccccc4F)CC3)cc12. The highest BCUT2D eigenvalue weighted by Gasteiger charge is 2.19. The molecule has 2 saturated heterocycles. The number of piperazine rings is 1. The number of hydrogen-bond donors (Lipinski definition) is 2. The topological polar surface area (TPSA) is 46.7 Å². The van der Waals surface area contributed by atoms with Gasteiger partial charge < -0.3 is 20.4 Å². The van der Waals surface area contributed by atoms with Crippen LogP contribution >= 0.6 is 12.2 Å². The molecule has 2 N–H and O–H groups in total. The first kappa shape index (κ1) is 24.7. The fourth-order valence-corrected chi connectivity index (χ4v) is 5.38. The summed E-state index contributed by atoms with van der Waals surface area (Å²) in [5, 5.41) is 8.45. The minimum Gasteiger partial charge on any atom is -0.367 e. The van der Waals surface area contributed by atoms with Gasteiger partial charge in [0.05, 0.1) is 11.2 Å². The summed E-state index contributed by atoms with van der Waals surface area (Å²) in [6.45, 7) is 9.76. The lowest BCUT2D eigenvalue weighted by atomic mass is 10.1. The van der Waals surface area contributed by atoms with Gasteiger partial charge in [0.15, 0.2) is 5.11 Å². The smallest absolute Gasteiger partial charge is 0.170 e. The summed E-state index contributed by atoms with van der Waals surface area (Å²) in [6.07, 6.45) is 3.50. The van der Waals surface area contributed by atoms with E-state index in [0.717, 1.165) is 81.2 Å². The number of nitrogens with zero attached hydrogens (tertiary/aromatic N) is 4. The molecule has 3 heterocycles. The molecular weight excluding hydrogens is 471 g/mol. The van der Waals surface area contributed by atoms with E-state index >= 15 is 0 Å². The lowest BCUT2D eigenvalue weighted by Crippen LogP contribution is -2.47. The van der Waals surface area contributed by atoms with Crippen LogP contribution in [-0.4, -0.2) is 67.4 Å². The van der Waals surface area contributed by atoms with Gasteiger partial charge in [-0.1, -0.05) is 12.1 Å². The van der Waals surface area contributed by atoms with Crippen molar-refractivity contribution in [3.63, 3.8) is 0 Å². The van der Waals surface area contributed by atoms with Gasteiger partial charge in [-0.2, -0.15) is 0 Å². The Bertz CT molecular complexity index is 1200. The second-order valence-electron chi connectivity index (χ2n) is 9.74. The Kier molecular flexibility index (Phi) is 7.82. The molecule has 0 aliphatic carbocycles. The zero-order valence-electron chi connectivity index (χ0n) is 21.0. The summed E-state index contributed by atoms with van der Waals surface area (Å²) in [6, 6.07) is 15.5. The van der Waals surface area contributed by atoms with Gasteiger partial charge in [-0.25, -0.2) is 9.37 Å². The Morgan fingerprint density at radius 3 is 2.53 bits per heavy atom. The highest BCUT2D eigenvalue weighted by Crippen LogP contribution is 2.27. The van der Waals surface area contributed by atoms with E-state index in [1.165, 1.54) is 24.5 Å². The van der Waals surface area contributed by atoms with Crippen molar-refractivity contribution in [3.8, 4) is 0 Å². The number of halogens is 1. The second kappa shape index (κ2) is 11.4. The molecule has 2 aliphatic heterocycles. The fourth-order valence-electron chi connectivity index (χ4n) is 5.16. The van der Waals surface area contributed by atoms with Crippen molar-refractivity contribution in [1.29, 1.82) is 0 Å². The van der Waals surface area contributed by atoms with Gasteiger partial charge >= 0.3 is 0 Å². The number of benzene rings is 2. The van der Waals surface area contributed by atoms with Crippen LogP contribution in [0.2, 0.25) is 0 Å². The predicted octanol–water partition coefficient (Wildman–Crippen LogP) is 4.78. The summed E-state index contributed by atoms with van der Waals surface area (Å²) < 4.78 is 14.0. The summed E-state index contributed by atoms with van der Waals surface area (Å²) in [7, 11) is 0. The van der Waals surface area contributed by atoms with Gasteiger partial charge in [-0.05, 0) is 86.9 Å². The largest absolute Gasteiger partial charge is 0.367 e. The molecular formula is C28H35FN6S. The molecule has 0 atom stereocenters. The maximum absolute atomic E-state index is 14.0. The Morgan fingerprint density at radius 2 is 1.75 bits per heavy atom. The minimum absolute atomic E-state index is 0.138. The first-order chi connectivity index (χ1) is 17.6. The molecule has 190 valence electrons. The van der Waals surface area contributed by atoms with E-state index in [1.807, 2.05) is 18.2 Å². The number of anilines is 3. The van der Waals surface area contributed by atoms with Gasteiger partial charge in [-0.15, -0.1) is 0 Å². The Morgan fingerprint density at radius 1 is 0.972 bits per heavy atom. The Hall–Kier alpha value is -2.97. The quantitative estimate of drug-likeness (QED) is 0.353. The Labute approximate surface area is 218 Å². The highest BCUT2D eigenvalue weighted by atomic mass is 32.1. The molecule has 2 aliphatic rings. The zero-order chi connectivity index (χ0) is 24.9. The van der Waals surface area contributed by atoms with Crippen molar-refractivity contribution >= 4 is 45.4 Å². The summed E-state index contributed by atoms with van der Waals surface area (Å²) in [4.78, 5) is 11.8. The average Bonchev–Trinajstić information content (AvgIpc) is 3.43. The monoisotopic (exact) mass is 506 g/mol. The van der Waals surface area contributed by atoms with Crippen LogP contribution in [-0.2, 0) is 0 Å². The molecule has 0 amide bonds. The molecule has 0 saturated carbocycles. The maximum Gasteiger partial charge on any atom is 0.170 e. The number of fused-ring (bicyclic) bond motifs is 1. The molecule has 2 fully saturated rings. The first-order valence-corrected chi connectivity index (χ1v) is 13.4. The lowest BCUT2D eigenvalue weighted by molar-refractivity contribution is 0.255. The number of pyridine rings is 1. The standard InChI is InChI=1S/C28H35FN6S/c1-21-19-27(35-13-4-5-14-35)32-25-10-9-22(20-23(21)25)31-28(36)30-11-6-12-33-15-17-34(18-16-33)26-8-3-2-7-24(26)29/h2-3,7-10,19-20H,4-6,11-18H2,1H3,(H2,30,31,36). The van der Waals surface area contributed by atoms with Crippen LogP contribution < -0.4 is 20.4 Å². The van der Waals surface area contributed by atoms with Crippen molar-refractivity contribution in [2.75, 3.05) is 67.5 Å². The molecule has 1 aromatic heterocycles. The number of rotatable bonds is 7. The van der Waals surface area contributed by atoms with E-state index < -0.39 is 0 Å². The Balaban J connectivity index is 1.06. The van der Waals surface area contributed by atoms with Gasteiger partial charge in [0, 0.05) is 56.9 Å². The van der Waals surface area contributed by atoms with Crippen LogP contribution in [0.25, 0.3) is 10.9 Å². The van der Waals surface area contributed by atoms with Crippen molar-refractivity contribution in [2.24, 2.45) is 0 Å². The van der Waals surface area contributed by atoms with E-state index in [-0.39, 0.29) is 5.82 Å². The molecule has 2 aromatic carbocycles. The van der Waals surface area contributed by atoms with Crippen molar-refractivity contribution in [2.45, 2.75) is 26.2 Å². The summed E-state index contributed by atoms with van der Waals surface area (Å²) >= 11 is 5.54. The minimum atomic E-state index is -0.138. The van der Waals surface area contributed by atoms with E-state index in [4.69, 9.17) is 17.2 Å². The van der Waals surface area contributed by atoms with Gasteiger partial charge in [0.1, 0.15) is 11.6 Å². The molecule has 5 rings (SSSR count). The first-order valence-electron chi connectivity index (χ1n) is 13.0. The number of nitrogens with one attached hydrogen (secondary N) is 2. The number of thiocarbonyl (C=S) groups is 1. The molecule has 0 radical (unpaired) electrons. The third kappa shape index (κ3) is 5.87. The van der Waals surface area contributed by atoms with E-state index in [0.29, 0.717) is 10.8 Å². The maximum atomic E-state index is 14.0. The van der Waals surface area contributed by atoms with Gasteiger partial charge in [0.2, 0.25) is 0 Å². The van der Waals surface area contributed by atoms with Crippen LogP contribution in [0.5, 0.6) is 0 Å². The van der Waals surface area contributed by atoms with Crippen LogP contribution in [0.3, 0.4) is 0 Å². The zero-order valence-corrected chi connectivity index (χ0v) is 21.8. The van der Waals surface area contributed by atoms with Crippen molar-refractivity contribution in [3.05, 3.63) is 59.9 Å². The number of aryl methyl sites for hydroxylation is 1. The molecule has 0 bridgehead atoms. The average molecular weight is 507 g/mol. The third-order valence-corrected chi connectivity index (χ3v) is 7.44. The van der Waals surface area contributed by atoms with Gasteiger partial charge in [-0.3, -0.25) is 4.90 Å². The molecule has 0 spiro atoms. The molecule has 6 nitrogen and oxygen atoms in total. The van der Waals surface area contributed by atoms with Crippen LogP contribution in [0, 0.1) is 12.7 Å². The van der Waals surface area contributed by atoms with Gasteiger partial charge in [0.25, 0.3) is 0 Å². The van der Waals surface area contributed by atoms with E-state index in [2.05, 4.69) is 50.5 Å². The van der Waals surface area contributed by atoms with Crippen LogP contribution in [0.15, 0.2) is 48.5 Å². The summed E-state index contributed by atoms with van der Waals surface area (Å²) in [5.74, 6) is 0.949. The normalized spacial score (nSPS) is 16.5. The molecule has 8 heteroatoms. The molecule has 3 aromatic rings. The fraction of sp³-hybridized carbons (Fsp3) is 0.429. The number of para-hydroxylation sites is 1.